The number of aliphatic hydroxyl groups excluding tert-OH is 2. The van der Waals surface area contributed by atoms with Crippen molar-refractivity contribution >= 4 is 23.3 Å². The van der Waals surface area contributed by atoms with Gasteiger partial charge >= 0.3 is 0 Å². The van der Waals surface area contributed by atoms with Crippen LogP contribution < -0.4 is 16.4 Å². The molecule has 8 nitrogen and oxygen atoms in total. The number of benzene rings is 2. The molecule has 0 aliphatic rings. The summed E-state index contributed by atoms with van der Waals surface area (Å²) in [6.07, 6.45) is -1.14. The molecule has 0 spiro atoms. The fraction of sp³-hybridized carbons (Fsp3) is 0.208. The zero-order valence-electron chi connectivity index (χ0n) is 17.4. The molecule has 2 rings (SSSR count). The van der Waals surface area contributed by atoms with E-state index in [0.717, 1.165) is 0 Å². The minimum Gasteiger partial charge on any atom is -0.391 e. The molecular weight excluding hydrogens is 410 g/mol. The van der Waals surface area contributed by atoms with Gasteiger partial charge in [0.25, 0.3) is 5.91 Å². The largest absolute Gasteiger partial charge is 0.391 e. The number of rotatable bonds is 7. The number of carbonyl (C=O) groups excluding carboxylic acids is 3. The monoisotopic (exact) mass is 433 g/mol. The standard InChI is InChI=1S/C24H23N3O5/c1-16(29)23(21(30)15-28)27-24(32)19-12-10-17(11-13-19)6-2-3-7-18-8-4-5-9-20(18)26-22(31)14-25/h4-5,8-13,16,23,28-29H,14-15,25H2,1H3,(H,26,31)(H,27,32)/t16-,23+/m1/s1. The summed E-state index contributed by atoms with van der Waals surface area (Å²) in [6, 6.07) is 12.1. The lowest BCUT2D eigenvalue weighted by atomic mass is 10.1. The number of nitrogens with two attached hydrogens (primary N) is 1. The number of carbonyl (C=O) groups is 3. The molecule has 0 fully saturated rings. The van der Waals surface area contributed by atoms with Crippen LogP contribution in [-0.4, -0.2) is 53.1 Å². The predicted octanol–water partition coefficient (Wildman–Crippen LogP) is 0.0276. The smallest absolute Gasteiger partial charge is 0.251 e. The van der Waals surface area contributed by atoms with E-state index in [2.05, 4.69) is 34.3 Å². The summed E-state index contributed by atoms with van der Waals surface area (Å²) < 4.78 is 0. The highest BCUT2D eigenvalue weighted by Gasteiger charge is 2.25. The highest BCUT2D eigenvalue weighted by molar-refractivity contribution is 5.98. The van der Waals surface area contributed by atoms with Gasteiger partial charge in [-0.3, -0.25) is 14.4 Å². The van der Waals surface area contributed by atoms with Crippen molar-refractivity contribution in [1.82, 2.24) is 5.32 Å². The number of ketones is 1. The maximum absolute atomic E-state index is 12.3. The highest BCUT2D eigenvalue weighted by Crippen LogP contribution is 2.13. The second-order valence-corrected chi connectivity index (χ2v) is 6.69. The quantitative estimate of drug-likeness (QED) is 0.390. The van der Waals surface area contributed by atoms with Crippen molar-refractivity contribution in [2.45, 2.75) is 19.1 Å². The van der Waals surface area contributed by atoms with Gasteiger partial charge in [-0.15, -0.1) is 0 Å². The Kier molecular flexibility index (Phi) is 9.15. The van der Waals surface area contributed by atoms with Crippen molar-refractivity contribution in [3.63, 3.8) is 0 Å². The summed E-state index contributed by atoms with van der Waals surface area (Å²) in [7, 11) is 0. The number of hydrogen-bond acceptors (Lipinski definition) is 6. The van der Waals surface area contributed by atoms with E-state index in [4.69, 9.17) is 10.8 Å². The average Bonchev–Trinajstić information content (AvgIpc) is 2.80. The van der Waals surface area contributed by atoms with Gasteiger partial charge in [-0.25, -0.2) is 0 Å². The Bertz CT molecular complexity index is 1100. The summed E-state index contributed by atoms with van der Waals surface area (Å²) in [5.74, 6) is 9.58. The van der Waals surface area contributed by atoms with Gasteiger partial charge in [-0.05, 0) is 55.2 Å². The van der Waals surface area contributed by atoms with Gasteiger partial charge in [-0.2, -0.15) is 0 Å². The number of nitrogens with one attached hydrogen (secondary N) is 2. The predicted molar refractivity (Wildman–Crippen MR) is 119 cm³/mol. The van der Waals surface area contributed by atoms with E-state index in [9.17, 15) is 19.5 Å². The molecule has 0 aliphatic heterocycles. The minimum atomic E-state index is -1.19. The van der Waals surface area contributed by atoms with E-state index in [-0.39, 0.29) is 18.0 Å². The molecule has 0 aliphatic carbocycles. The Morgan fingerprint density at radius 3 is 2.31 bits per heavy atom. The van der Waals surface area contributed by atoms with Crippen LogP contribution in [0.5, 0.6) is 0 Å². The fourth-order valence-electron chi connectivity index (χ4n) is 2.60. The Balaban J connectivity index is 2.08. The molecule has 8 heteroatoms. The van der Waals surface area contributed by atoms with Gasteiger partial charge in [0.05, 0.1) is 18.3 Å². The van der Waals surface area contributed by atoms with Crippen LogP contribution >= 0.6 is 0 Å². The van der Waals surface area contributed by atoms with E-state index >= 15 is 0 Å². The van der Waals surface area contributed by atoms with Gasteiger partial charge in [0, 0.05) is 16.7 Å². The SMILES string of the molecule is C[C@@H](O)[C@H](NC(=O)c1ccc(C#CC#Cc2ccccc2NC(=O)CN)cc1)C(=O)CO. The number of aliphatic hydroxyl groups is 2. The summed E-state index contributed by atoms with van der Waals surface area (Å²) in [5.41, 5.74) is 7.33. The summed E-state index contributed by atoms with van der Waals surface area (Å²) in [6.45, 7) is 0.436. The van der Waals surface area contributed by atoms with Crippen molar-refractivity contribution in [2.24, 2.45) is 5.73 Å². The number of anilines is 1. The maximum atomic E-state index is 12.3. The molecule has 2 aromatic carbocycles. The molecule has 0 bridgehead atoms. The molecular formula is C24H23N3O5. The van der Waals surface area contributed by atoms with Crippen molar-refractivity contribution in [3.05, 3.63) is 65.2 Å². The van der Waals surface area contributed by atoms with Crippen molar-refractivity contribution in [2.75, 3.05) is 18.5 Å². The first kappa shape index (κ1) is 24.3. The highest BCUT2D eigenvalue weighted by atomic mass is 16.3. The molecule has 0 radical (unpaired) electrons. The summed E-state index contributed by atoms with van der Waals surface area (Å²) >= 11 is 0. The van der Waals surface area contributed by atoms with Gasteiger partial charge in [0.15, 0.2) is 5.78 Å². The molecule has 164 valence electrons. The molecule has 0 aromatic heterocycles. The van der Waals surface area contributed by atoms with E-state index in [1.165, 1.54) is 19.1 Å². The Morgan fingerprint density at radius 1 is 1.03 bits per heavy atom. The van der Waals surface area contributed by atoms with Gasteiger partial charge < -0.3 is 26.6 Å². The zero-order valence-corrected chi connectivity index (χ0v) is 17.4. The van der Waals surface area contributed by atoms with Gasteiger partial charge in [0.1, 0.15) is 12.6 Å². The number of amides is 2. The number of para-hydroxylation sites is 1. The number of Topliss-reactive ketones (excluding diaryl/α,β-unsaturated/α-hetero) is 1. The Labute approximate surface area is 185 Å². The molecule has 32 heavy (non-hydrogen) atoms. The molecule has 0 saturated carbocycles. The topological polar surface area (TPSA) is 142 Å². The van der Waals surface area contributed by atoms with Crippen molar-refractivity contribution < 1.29 is 24.6 Å². The van der Waals surface area contributed by atoms with Crippen LogP contribution in [-0.2, 0) is 9.59 Å². The minimum absolute atomic E-state index is 0.132. The lowest BCUT2D eigenvalue weighted by Crippen LogP contribution is -2.48. The van der Waals surface area contributed by atoms with Gasteiger partial charge in [-0.1, -0.05) is 24.0 Å². The molecule has 2 atom stereocenters. The van der Waals surface area contributed by atoms with Crippen molar-refractivity contribution in [1.29, 1.82) is 0 Å². The zero-order chi connectivity index (χ0) is 23.5. The lowest BCUT2D eigenvalue weighted by Gasteiger charge is -2.19. The van der Waals surface area contributed by atoms with Crippen LogP contribution in [0.3, 0.4) is 0 Å². The molecule has 0 saturated heterocycles. The first-order valence-corrected chi connectivity index (χ1v) is 9.69. The average molecular weight is 433 g/mol. The first-order valence-electron chi connectivity index (χ1n) is 9.69. The molecule has 2 amide bonds. The fourth-order valence-corrected chi connectivity index (χ4v) is 2.60. The molecule has 2 aromatic rings. The van der Waals surface area contributed by atoms with Crippen LogP contribution in [0, 0.1) is 23.7 Å². The summed E-state index contributed by atoms with van der Waals surface area (Å²) in [5, 5.41) is 23.6. The van der Waals surface area contributed by atoms with Crippen molar-refractivity contribution in [3.8, 4) is 23.7 Å². The molecule has 0 unspecified atom stereocenters. The van der Waals surface area contributed by atoms with E-state index in [1.807, 2.05) is 0 Å². The second kappa shape index (κ2) is 12.0. The van der Waals surface area contributed by atoms with Crippen LogP contribution in [0.2, 0.25) is 0 Å². The molecule has 6 N–H and O–H groups in total. The first-order chi connectivity index (χ1) is 15.3. The summed E-state index contributed by atoms with van der Waals surface area (Å²) in [4.78, 5) is 35.4. The second-order valence-electron chi connectivity index (χ2n) is 6.69. The Hall–Kier alpha value is -3.95. The van der Waals surface area contributed by atoms with Crippen LogP contribution in [0.4, 0.5) is 5.69 Å². The van der Waals surface area contributed by atoms with Gasteiger partial charge in [0.2, 0.25) is 5.91 Å². The third-order valence-corrected chi connectivity index (χ3v) is 4.27. The molecule has 0 heterocycles. The Morgan fingerprint density at radius 2 is 1.69 bits per heavy atom. The number of hydrogen-bond donors (Lipinski definition) is 5. The van der Waals surface area contributed by atoms with E-state index in [1.54, 1.807) is 36.4 Å². The lowest BCUT2D eigenvalue weighted by molar-refractivity contribution is -0.125. The van der Waals surface area contributed by atoms with E-state index < -0.39 is 30.4 Å². The van der Waals surface area contributed by atoms with Crippen LogP contribution in [0.25, 0.3) is 0 Å². The van der Waals surface area contributed by atoms with Crippen LogP contribution in [0.1, 0.15) is 28.4 Å². The normalized spacial score (nSPS) is 11.6. The third kappa shape index (κ3) is 7.08. The van der Waals surface area contributed by atoms with E-state index in [0.29, 0.717) is 16.8 Å². The maximum Gasteiger partial charge on any atom is 0.251 e. The third-order valence-electron chi connectivity index (χ3n) is 4.27. The van der Waals surface area contributed by atoms with Crippen LogP contribution in [0.15, 0.2) is 48.5 Å².